The SMILES string of the molecule is C(=C\c1nc2cc(-c3ccccn3)ccc2o1)/c1ccc(N(c2ccccc2)c2ccccc2)cc1. The molecule has 6 aromatic rings. The van der Waals surface area contributed by atoms with E-state index >= 15 is 0 Å². The number of aromatic nitrogens is 2. The number of hydrogen-bond acceptors (Lipinski definition) is 4. The van der Waals surface area contributed by atoms with Crippen LogP contribution in [0, 0.1) is 0 Å². The lowest BCUT2D eigenvalue weighted by Crippen LogP contribution is -2.09. The molecule has 0 saturated heterocycles. The molecule has 36 heavy (non-hydrogen) atoms. The van der Waals surface area contributed by atoms with E-state index in [0.29, 0.717) is 5.89 Å². The monoisotopic (exact) mass is 465 g/mol. The zero-order valence-corrected chi connectivity index (χ0v) is 19.5. The van der Waals surface area contributed by atoms with Gasteiger partial charge in [-0.25, -0.2) is 4.98 Å². The van der Waals surface area contributed by atoms with Crippen LogP contribution in [0.5, 0.6) is 0 Å². The second-order valence-electron chi connectivity index (χ2n) is 8.38. The van der Waals surface area contributed by atoms with Gasteiger partial charge in [0.25, 0.3) is 0 Å². The molecule has 0 atom stereocenters. The van der Waals surface area contributed by atoms with Crippen LogP contribution in [0.4, 0.5) is 17.1 Å². The molecular formula is C32H23N3O. The Labute approximate surface area is 209 Å². The molecule has 4 aromatic carbocycles. The van der Waals surface area contributed by atoms with E-state index in [9.17, 15) is 0 Å². The fraction of sp³-hybridized carbons (Fsp3) is 0. The second-order valence-corrected chi connectivity index (χ2v) is 8.38. The van der Waals surface area contributed by atoms with E-state index in [1.54, 1.807) is 6.20 Å². The van der Waals surface area contributed by atoms with Crippen molar-refractivity contribution in [3.63, 3.8) is 0 Å². The summed E-state index contributed by atoms with van der Waals surface area (Å²) in [6.45, 7) is 0. The quantitative estimate of drug-likeness (QED) is 0.247. The van der Waals surface area contributed by atoms with Gasteiger partial charge in [-0.05, 0) is 78.4 Å². The smallest absolute Gasteiger partial charge is 0.220 e. The third-order valence-electron chi connectivity index (χ3n) is 5.96. The normalized spacial score (nSPS) is 11.2. The van der Waals surface area contributed by atoms with Crippen LogP contribution in [-0.2, 0) is 0 Å². The Morgan fingerprint density at radius 3 is 1.94 bits per heavy atom. The van der Waals surface area contributed by atoms with Gasteiger partial charge in [0.2, 0.25) is 5.89 Å². The Kier molecular flexibility index (Phi) is 5.83. The summed E-state index contributed by atoms with van der Waals surface area (Å²) in [6.07, 6.45) is 5.71. The lowest BCUT2D eigenvalue weighted by molar-refractivity contribution is 0.590. The largest absolute Gasteiger partial charge is 0.437 e. The molecule has 6 rings (SSSR count). The number of nitrogens with zero attached hydrogens (tertiary/aromatic N) is 3. The van der Waals surface area contributed by atoms with E-state index in [1.165, 1.54) is 0 Å². The number of oxazole rings is 1. The molecule has 0 spiro atoms. The summed E-state index contributed by atoms with van der Waals surface area (Å²) >= 11 is 0. The minimum atomic E-state index is 0.572. The van der Waals surface area contributed by atoms with Crippen molar-refractivity contribution in [3.05, 3.63) is 139 Å². The predicted molar refractivity (Wildman–Crippen MR) is 147 cm³/mol. The molecule has 2 heterocycles. The zero-order valence-electron chi connectivity index (χ0n) is 19.5. The highest BCUT2D eigenvalue weighted by Gasteiger charge is 2.11. The van der Waals surface area contributed by atoms with Crippen molar-refractivity contribution in [1.29, 1.82) is 0 Å². The number of pyridine rings is 1. The van der Waals surface area contributed by atoms with E-state index in [2.05, 4.69) is 87.7 Å². The molecule has 0 fully saturated rings. The van der Waals surface area contributed by atoms with Crippen molar-refractivity contribution in [2.75, 3.05) is 4.90 Å². The average Bonchev–Trinajstić information content (AvgIpc) is 3.37. The van der Waals surface area contributed by atoms with Crippen LogP contribution in [0.15, 0.2) is 132 Å². The molecule has 0 saturated carbocycles. The van der Waals surface area contributed by atoms with Gasteiger partial charge >= 0.3 is 0 Å². The van der Waals surface area contributed by atoms with E-state index in [1.807, 2.05) is 60.7 Å². The lowest BCUT2D eigenvalue weighted by atomic mass is 10.1. The zero-order chi connectivity index (χ0) is 24.2. The molecule has 0 aliphatic rings. The Hall–Kier alpha value is -4.96. The number of rotatable bonds is 6. The lowest BCUT2D eigenvalue weighted by Gasteiger charge is -2.25. The van der Waals surface area contributed by atoms with E-state index in [-0.39, 0.29) is 0 Å². The summed E-state index contributed by atoms with van der Waals surface area (Å²) in [7, 11) is 0. The molecule has 0 amide bonds. The van der Waals surface area contributed by atoms with Gasteiger partial charge in [0.05, 0.1) is 5.69 Å². The van der Waals surface area contributed by atoms with E-state index in [4.69, 9.17) is 4.42 Å². The van der Waals surface area contributed by atoms with Crippen LogP contribution in [0.3, 0.4) is 0 Å². The summed E-state index contributed by atoms with van der Waals surface area (Å²) in [4.78, 5) is 11.3. The highest BCUT2D eigenvalue weighted by molar-refractivity contribution is 5.82. The van der Waals surface area contributed by atoms with Crippen LogP contribution in [0.2, 0.25) is 0 Å². The first-order chi connectivity index (χ1) is 17.8. The van der Waals surface area contributed by atoms with Gasteiger partial charge in [-0.2, -0.15) is 0 Å². The minimum Gasteiger partial charge on any atom is -0.437 e. The number of hydrogen-bond donors (Lipinski definition) is 0. The predicted octanol–water partition coefficient (Wildman–Crippen LogP) is 8.53. The molecule has 4 nitrogen and oxygen atoms in total. The number of para-hydroxylation sites is 2. The number of benzene rings is 4. The van der Waals surface area contributed by atoms with Crippen molar-refractivity contribution in [2.24, 2.45) is 0 Å². The Morgan fingerprint density at radius 2 is 1.28 bits per heavy atom. The number of anilines is 3. The van der Waals surface area contributed by atoms with Crippen LogP contribution in [0.25, 0.3) is 34.5 Å². The molecule has 0 aliphatic heterocycles. The summed E-state index contributed by atoms with van der Waals surface area (Å²) in [5.41, 5.74) is 7.89. The van der Waals surface area contributed by atoms with Gasteiger partial charge in [0.1, 0.15) is 5.52 Å². The topological polar surface area (TPSA) is 42.2 Å². The average molecular weight is 466 g/mol. The van der Waals surface area contributed by atoms with Crippen molar-refractivity contribution in [2.45, 2.75) is 0 Å². The Morgan fingerprint density at radius 1 is 0.611 bits per heavy atom. The summed E-state index contributed by atoms with van der Waals surface area (Å²) < 4.78 is 5.93. The number of fused-ring (bicyclic) bond motifs is 1. The van der Waals surface area contributed by atoms with E-state index in [0.717, 1.165) is 45.0 Å². The van der Waals surface area contributed by atoms with Crippen LogP contribution in [0.1, 0.15) is 11.5 Å². The Bertz CT molecular complexity index is 1570. The molecular weight excluding hydrogens is 442 g/mol. The first kappa shape index (κ1) is 21.6. The third kappa shape index (κ3) is 4.52. The molecule has 4 heteroatoms. The van der Waals surface area contributed by atoms with Crippen LogP contribution >= 0.6 is 0 Å². The first-order valence-electron chi connectivity index (χ1n) is 11.8. The summed E-state index contributed by atoms with van der Waals surface area (Å²) in [6, 6.07) is 41.1. The van der Waals surface area contributed by atoms with Gasteiger partial charge in [-0.15, -0.1) is 0 Å². The van der Waals surface area contributed by atoms with Crippen molar-refractivity contribution in [1.82, 2.24) is 9.97 Å². The molecule has 172 valence electrons. The summed E-state index contributed by atoms with van der Waals surface area (Å²) in [5, 5.41) is 0. The molecule has 0 bridgehead atoms. The van der Waals surface area contributed by atoms with Crippen LogP contribution in [-0.4, -0.2) is 9.97 Å². The minimum absolute atomic E-state index is 0.572. The van der Waals surface area contributed by atoms with Crippen molar-refractivity contribution < 1.29 is 4.42 Å². The molecule has 0 N–H and O–H groups in total. The van der Waals surface area contributed by atoms with Gasteiger partial charge in [0, 0.05) is 34.9 Å². The highest BCUT2D eigenvalue weighted by Crippen LogP contribution is 2.34. The Balaban J connectivity index is 1.25. The fourth-order valence-corrected chi connectivity index (χ4v) is 4.21. The van der Waals surface area contributed by atoms with Gasteiger partial charge in [-0.3, -0.25) is 4.98 Å². The van der Waals surface area contributed by atoms with Gasteiger partial charge in [-0.1, -0.05) is 54.6 Å². The fourth-order valence-electron chi connectivity index (χ4n) is 4.21. The maximum atomic E-state index is 5.93. The molecule has 0 unspecified atom stereocenters. The molecule has 0 aliphatic carbocycles. The van der Waals surface area contributed by atoms with E-state index < -0.39 is 0 Å². The van der Waals surface area contributed by atoms with Crippen molar-refractivity contribution >= 4 is 40.3 Å². The second kappa shape index (κ2) is 9.72. The molecule has 2 aromatic heterocycles. The first-order valence-corrected chi connectivity index (χ1v) is 11.8. The van der Waals surface area contributed by atoms with Crippen LogP contribution < -0.4 is 4.90 Å². The maximum absolute atomic E-state index is 5.93. The summed E-state index contributed by atoms with van der Waals surface area (Å²) in [5.74, 6) is 0.572. The third-order valence-corrected chi connectivity index (χ3v) is 5.96. The standard InChI is InChI=1S/C32H23N3O/c1-3-9-26(10-4-1)35(27-11-5-2-6-12-27)28-18-14-24(15-19-28)16-21-32-34-30-23-25(17-20-31(30)36-32)29-13-7-8-22-33-29/h1-23H/b21-16+. The maximum Gasteiger partial charge on any atom is 0.220 e. The van der Waals surface area contributed by atoms with Gasteiger partial charge < -0.3 is 9.32 Å². The van der Waals surface area contributed by atoms with Gasteiger partial charge in [0.15, 0.2) is 5.58 Å². The highest BCUT2D eigenvalue weighted by atomic mass is 16.3. The van der Waals surface area contributed by atoms with Crippen molar-refractivity contribution in [3.8, 4) is 11.3 Å². The molecule has 0 radical (unpaired) electrons.